The Hall–Kier alpha value is -1.30. The van der Waals surface area contributed by atoms with Crippen molar-refractivity contribution in [3.63, 3.8) is 0 Å². The van der Waals surface area contributed by atoms with Crippen molar-refractivity contribution < 1.29 is 19.4 Å². The third kappa shape index (κ3) is 4.52. The highest BCUT2D eigenvalue weighted by Crippen LogP contribution is 2.16. The SMILES string of the molecule is CCCCOCCNC(=O)N1CCC[C@@H]1C(=O)O. The Bertz CT molecular complexity index is 283. The van der Waals surface area contributed by atoms with E-state index < -0.39 is 12.0 Å². The maximum absolute atomic E-state index is 11.7. The Morgan fingerprint density at radius 1 is 1.44 bits per heavy atom. The molecular formula is C12H22N2O4. The summed E-state index contributed by atoms with van der Waals surface area (Å²) in [7, 11) is 0. The second-order valence-electron chi connectivity index (χ2n) is 4.39. The van der Waals surface area contributed by atoms with E-state index >= 15 is 0 Å². The van der Waals surface area contributed by atoms with Gasteiger partial charge in [-0.2, -0.15) is 0 Å². The second-order valence-corrected chi connectivity index (χ2v) is 4.39. The molecule has 0 saturated carbocycles. The van der Waals surface area contributed by atoms with Crippen molar-refractivity contribution in [1.29, 1.82) is 0 Å². The average molecular weight is 258 g/mol. The summed E-state index contributed by atoms with van der Waals surface area (Å²) in [5.41, 5.74) is 0. The highest BCUT2D eigenvalue weighted by Gasteiger charge is 2.33. The van der Waals surface area contributed by atoms with Crippen molar-refractivity contribution in [2.45, 2.75) is 38.6 Å². The van der Waals surface area contributed by atoms with E-state index in [9.17, 15) is 9.59 Å². The summed E-state index contributed by atoms with van der Waals surface area (Å²) >= 11 is 0. The molecule has 18 heavy (non-hydrogen) atoms. The van der Waals surface area contributed by atoms with Crippen LogP contribution in [0.5, 0.6) is 0 Å². The molecule has 0 aromatic heterocycles. The highest BCUT2D eigenvalue weighted by atomic mass is 16.5. The molecule has 0 unspecified atom stereocenters. The van der Waals surface area contributed by atoms with Crippen molar-refractivity contribution in [2.24, 2.45) is 0 Å². The van der Waals surface area contributed by atoms with Gasteiger partial charge in [-0.1, -0.05) is 13.3 Å². The highest BCUT2D eigenvalue weighted by molar-refractivity contribution is 5.83. The van der Waals surface area contributed by atoms with E-state index in [4.69, 9.17) is 9.84 Å². The van der Waals surface area contributed by atoms with Crippen LogP contribution < -0.4 is 5.32 Å². The number of carbonyl (C=O) groups is 2. The quantitative estimate of drug-likeness (QED) is 0.669. The van der Waals surface area contributed by atoms with Gasteiger partial charge in [0, 0.05) is 19.7 Å². The fourth-order valence-corrected chi connectivity index (χ4v) is 1.95. The predicted octanol–water partition coefficient (Wildman–Crippen LogP) is 1.06. The maximum atomic E-state index is 11.7. The van der Waals surface area contributed by atoms with Crippen LogP contribution in [0.3, 0.4) is 0 Å². The van der Waals surface area contributed by atoms with Gasteiger partial charge in [-0.05, 0) is 19.3 Å². The van der Waals surface area contributed by atoms with Crippen molar-refractivity contribution in [3.8, 4) is 0 Å². The van der Waals surface area contributed by atoms with E-state index in [1.807, 2.05) is 0 Å². The lowest BCUT2D eigenvalue weighted by Crippen LogP contribution is -2.46. The average Bonchev–Trinajstić information content (AvgIpc) is 2.82. The largest absolute Gasteiger partial charge is 0.480 e. The first-order valence-corrected chi connectivity index (χ1v) is 6.51. The Kier molecular flexibility index (Phi) is 6.49. The first-order chi connectivity index (χ1) is 8.66. The molecule has 2 amide bonds. The van der Waals surface area contributed by atoms with Crippen LogP contribution in [0.15, 0.2) is 0 Å². The lowest BCUT2D eigenvalue weighted by Gasteiger charge is -2.21. The number of ether oxygens (including phenoxy) is 1. The molecule has 1 aliphatic heterocycles. The number of aliphatic carboxylic acids is 1. The number of unbranched alkanes of at least 4 members (excludes halogenated alkanes) is 1. The molecule has 1 heterocycles. The minimum Gasteiger partial charge on any atom is -0.480 e. The molecule has 0 aromatic carbocycles. The van der Waals surface area contributed by atoms with Crippen LogP contribution in [0.1, 0.15) is 32.6 Å². The van der Waals surface area contributed by atoms with Crippen LogP contribution in [-0.4, -0.2) is 54.4 Å². The zero-order chi connectivity index (χ0) is 13.4. The fraction of sp³-hybridized carbons (Fsp3) is 0.833. The summed E-state index contributed by atoms with van der Waals surface area (Å²) in [6, 6.07) is -0.981. The van der Waals surface area contributed by atoms with E-state index in [-0.39, 0.29) is 6.03 Å². The number of carboxylic acid groups (broad SMARTS) is 1. The number of carboxylic acids is 1. The maximum Gasteiger partial charge on any atom is 0.326 e. The monoisotopic (exact) mass is 258 g/mol. The van der Waals surface area contributed by atoms with E-state index in [1.54, 1.807) is 0 Å². The summed E-state index contributed by atoms with van der Waals surface area (Å²) in [6.45, 7) is 4.20. The first-order valence-electron chi connectivity index (χ1n) is 6.51. The molecule has 6 nitrogen and oxygen atoms in total. The summed E-state index contributed by atoms with van der Waals surface area (Å²) < 4.78 is 5.31. The van der Waals surface area contributed by atoms with Gasteiger partial charge in [0.1, 0.15) is 6.04 Å². The number of hydrogen-bond acceptors (Lipinski definition) is 3. The van der Waals surface area contributed by atoms with Crippen LogP contribution in [0.4, 0.5) is 4.79 Å². The van der Waals surface area contributed by atoms with Gasteiger partial charge in [-0.25, -0.2) is 9.59 Å². The Morgan fingerprint density at radius 3 is 2.89 bits per heavy atom. The molecule has 1 saturated heterocycles. The molecule has 1 aliphatic rings. The molecule has 1 atom stereocenters. The van der Waals surface area contributed by atoms with Gasteiger partial charge in [0.25, 0.3) is 0 Å². The lowest BCUT2D eigenvalue weighted by atomic mass is 10.2. The number of nitrogens with zero attached hydrogens (tertiary/aromatic N) is 1. The number of carbonyl (C=O) groups excluding carboxylic acids is 1. The second kappa shape index (κ2) is 7.92. The molecule has 104 valence electrons. The van der Waals surface area contributed by atoms with E-state index in [0.29, 0.717) is 32.7 Å². The number of hydrogen-bond donors (Lipinski definition) is 2. The van der Waals surface area contributed by atoms with E-state index in [2.05, 4.69) is 12.2 Å². The summed E-state index contributed by atoms with van der Waals surface area (Å²) in [5.74, 6) is -0.929. The van der Waals surface area contributed by atoms with Gasteiger partial charge in [0.05, 0.1) is 6.61 Å². The molecular weight excluding hydrogens is 236 g/mol. The Labute approximate surface area is 107 Å². The smallest absolute Gasteiger partial charge is 0.326 e. The molecule has 1 fully saturated rings. The van der Waals surface area contributed by atoms with E-state index in [0.717, 1.165) is 19.3 Å². The molecule has 0 spiro atoms. The lowest BCUT2D eigenvalue weighted by molar-refractivity contribution is -0.141. The van der Waals surface area contributed by atoms with Gasteiger partial charge >= 0.3 is 12.0 Å². The molecule has 0 aromatic rings. The molecule has 6 heteroatoms. The van der Waals surface area contributed by atoms with Crippen molar-refractivity contribution in [1.82, 2.24) is 10.2 Å². The third-order valence-corrected chi connectivity index (χ3v) is 2.96. The molecule has 2 N–H and O–H groups in total. The normalized spacial score (nSPS) is 18.9. The Morgan fingerprint density at radius 2 is 2.22 bits per heavy atom. The number of rotatable bonds is 7. The van der Waals surface area contributed by atoms with Gasteiger partial charge < -0.3 is 20.1 Å². The number of likely N-dealkylation sites (tertiary alicyclic amines) is 1. The van der Waals surface area contributed by atoms with Crippen molar-refractivity contribution in [2.75, 3.05) is 26.3 Å². The molecule has 0 aliphatic carbocycles. The predicted molar refractivity (Wildman–Crippen MR) is 66.5 cm³/mol. The number of urea groups is 1. The zero-order valence-electron chi connectivity index (χ0n) is 10.9. The van der Waals surface area contributed by atoms with Crippen LogP contribution in [-0.2, 0) is 9.53 Å². The van der Waals surface area contributed by atoms with Crippen LogP contribution >= 0.6 is 0 Å². The topological polar surface area (TPSA) is 78.9 Å². The molecule has 0 radical (unpaired) electrons. The summed E-state index contributed by atoms with van der Waals surface area (Å²) in [6.07, 6.45) is 3.38. The minimum absolute atomic E-state index is 0.306. The standard InChI is InChI=1S/C12H22N2O4/c1-2-3-8-18-9-6-13-12(17)14-7-4-5-10(14)11(15)16/h10H,2-9H2,1H3,(H,13,17)(H,15,16)/t10-/m1/s1. The number of nitrogens with one attached hydrogen (secondary N) is 1. The van der Waals surface area contributed by atoms with Gasteiger partial charge in [-0.3, -0.25) is 0 Å². The number of amides is 2. The summed E-state index contributed by atoms with van der Waals surface area (Å²) in [5, 5.41) is 11.6. The van der Waals surface area contributed by atoms with Crippen LogP contribution in [0, 0.1) is 0 Å². The molecule has 0 bridgehead atoms. The summed E-state index contributed by atoms with van der Waals surface area (Å²) in [4.78, 5) is 24.0. The van der Waals surface area contributed by atoms with Crippen molar-refractivity contribution >= 4 is 12.0 Å². The Balaban J connectivity index is 2.18. The van der Waals surface area contributed by atoms with Gasteiger partial charge in [-0.15, -0.1) is 0 Å². The van der Waals surface area contributed by atoms with E-state index in [1.165, 1.54) is 4.90 Å². The zero-order valence-corrected chi connectivity index (χ0v) is 10.9. The van der Waals surface area contributed by atoms with Crippen LogP contribution in [0.25, 0.3) is 0 Å². The van der Waals surface area contributed by atoms with Gasteiger partial charge in [0.2, 0.25) is 0 Å². The first kappa shape index (κ1) is 14.8. The van der Waals surface area contributed by atoms with Crippen molar-refractivity contribution in [3.05, 3.63) is 0 Å². The minimum atomic E-state index is -0.929. The molecule has 1 rings (SSSR count). The third-order valence-electron chi connectivity index (χ3n) is 2.96. The fourth-order valence-electron chi connectivity index (χ4n) is 1.95. The van der Waals surface area contributed by atoms with Crippen LogP contribution in [0.2, 0.25) is 0 Å². The van der Waals surface area contributed by atoms with Gasteiger partial charge in [0.15, 0.2) is 0 Å².